The van der Waals surface area contributed by atoms with Gasteiger partial charge >= 0.3 is 20.2 Å². The lowest BCUT2D eigenvalue weighted by Gasteiger charge is -2.12. The monoisotopic (exact) mass is 390 g/mol. The van der Waals surface area contributed by atoms with Crippen molar-refractivity contribution in [3.63, 3.8) is 0 Å². The lowest BCUT2D eigenvalue weighted by molar-refractivity contribution is 0.449. The van der Waals surface area contributed by atoms with Crippen LogP contribution in [0.5, 0.6) is 11.5 Å². The SMILES string of the molecule is O=S(=O)(Oc1ccccc1OS(=O)(=O)c1ccccc1)c1ccccc1. The van der Waals surface area contributed by atoms with Crippen LogP contribution in [-0.4, -0.2) is 16.8 Å². The summed E-state index contributed by atoms with van der Waals surface area (Å²) in [5.41, 5.74) is 0. The Hall–Kier alpha value is -2.84. The molecule has 0 spiro atoms. The van der Waals surface area contributed by atoms with Crippen LogP contribution in [0.15, 0.2) is 94.7 Å². The second kappa shape index (κ2) is 7.19. The third kappa shape index (κ3) is 4.04. The van der Waals surface area contributed by atoms with Gasteiger partial charge in [-0.3, -0.25) is 0 Å². The minimum atomic E-state index is -4.13. The van der Waals surface area contributed by atoms with E-state index in [0.29, 0.717) is 0 Å². The first kappa shape index (κ1) is 18.0. The smallest absolute Gasteiger partial charge is 0.339 e. The van der Waals surface area contributed by atoms with E-state index in [4.69, 9.17) is 8.37 Å². The summed E-state index contributed by atoms with van der Waals surface area (Å²) in [5.74, 6) is -0.452. The summed E-state index contributed by atoms with van der Waals surface area (Å²) in [6.07, 6.45) is 0. The first-order valence-corrected chi connectivity index (χ1v) is 10.3. The van der Waals surface area contributed by atoms with Crippen molar-refractivity contribution >= 4 is 20.2 Å². The normalized spacial score (nSPS) is 11.7. The van der Waals surface area contributed by atoms with Crippen molar-refractivity contribution in [1.29, 1.82) is 0 Å². The van der Waals surface area contributed by atoms with Gasteiger partial charge in [0.25, 0.3) is 0 Å². The summed E-state index contributed by atoms with van der Waals surface area (Å²) in [7, 11) is -8.26. The molecule has 3 aromatic carbocycles. The molecule has 134 valence electrons. The van der Waals surface area contributed by atoms with Crippen molar-refractivity contribution < 1.29 is 25.2 Å². The standard InChI is InChI=1S/C18H14O6S2/c19-25(20,15-9-3-1-4-10-15)23-17-13-7-8-14-18(17)24-26(21,22)16-11-5-2-6-12-16/h1-14H. The Labute approximate surface area is 151 Å². The highest BCUT2D eigenvalue weighted by Gasteiger charge is 2.22. The van der Waals surface area contributed by atoms with Crippen LogP contribution in [0.25, 0.3) is 0 Å². The highest BCUT2D eigenvalue weighted by molar-refractivity contribution is 7.87. The number of hydrogen-bond acceptors (Lipinski definition) is 6. The van der Waals surface area contributed by atoms with Gasteiger partial charge < -0.3 is 8.37 Å². The van der Waals surface area contributed by atoms with Gasteiger partial charge in [0.1, 0.15) is 9.79 Å². The summed E-state index contributed by atoms with van der Waals surface area (Å²) >= 11 is 0. The van der Waals surface area contributed by atoms with Crippen LogP contribution in [0.2, 0.25) is 0 Å². The van der Waals surface area contributed by atoms with E-state index in [0.717, 1.165) is 0 Å². The molecule has 3 rings (SSSR count). The van der Waals surface area contributed by atoms with Gasteiger partial charge in [-0.2, -0.15) is 16.8 Å². The third-order valence-corrected chi connectivity index (χ3v) is 5.81. The average Bonchev–Trinajstić information content (AvgIpc) is 2.64. The molecule has 3 aromatic rings. The molecule has 0 N–H and O–H groups in total. The molecule has 0 atom stereocenters. The highest BCUT2D eigenvalue weighted by atomic mass is 32.2. The van der Waals surface area contributed by atoms with Crippen molar-refractivity contribution in [2.75, 3.05) is 0 Å². The molecule has 0 saturated heterocycles. The Morgan fingerprint density at radius 1 is 0.462 bits per heavy atom. The van der Waals surface area contributed by atoms with Crippen molar-refractivity contribution in [3.8, 4) is 11.5 Å². The first-order chi connectivity index (χ1) is 12.4. The largest absolute Gasteiger partial charge is 0.375 e. The van der Waals surface area contributed by atoms with Crippen LogP contribution in [0.1, 0.15) is 0 Å². The molecule has 0 aromatic heterocycles. The minimum Gasteiger partial charge on any atom is -0.375 e. The summed E-state index contributed by atoms with van der Waals surface area (Å²) in [6.45, 7) is 0. The molecule has 0 heterocycles. The molecule has 0 aliphatic carbocycles. The molecular formula is C18H14O6S2. The Morgan fingerprint density at radius 2 is 0.769 bits per heavy atom. The summed E-state index contributed by atoms with van der Waals surface area (Å²) in [6, 6.07) is 20.7. The van der Waals surface area contributed by atoms with Crippen molar-refractivity contribution in [2.45, 2.75) is 9.79 Å². The van der Waals surface area contributed by atoms with Crippen LogP contribution in [0.4, 0.5) is 0 Å². The van der Waals surface area contributed by atoms with E-state index in [1.165, 1.54) is 48.5 Å². The number of benzene rings is 3. The van der Waals surface area contributed by atoms with Crippen LogP contribution in [-0.2, 0) is 20.2 Å². The van der Waals surface area contributed by atoms with Gasteiger partial charge in [-0.05, 0) is 36.4 Å². The van der Waals surface area contributed by atoms with E-state index >= 15 is 0 Å². The summed E-state index contributed by atoms with van der Waals surface area (Å²) in [4.78, 5) is -0.110. The van der Waals surface area contributed by atoms with Gasteiger partial charge in [0.2, 0.25) is 0 Å². The highest BCUT2D eigenvalue weighted by Crippen LogP contribution is 2.31. The van der Waals surface area contributed by atoms with Crippen molar-refractivity contribution in [1.82, 2.24) is 0 Å². The molecule has 0 aliphatic rings. The lowest BCUT2D eigenvalue weighted by atomic mass is 10.3. The fourth-order valence-corrected chi connectivity index (χ4v) is 4.02. The molecule has 0 bridgehead atoms. The van der Waals surface area contributed by atoms with E-state index in [1.807, 2.05) is 0 Å². The Morgan fingerprint density at radius 3 is 1.12 bits per heavy atom. The van der Waals surface area contributed by atoms with Gasteiger partial charge in [0.05, 0.1) is 0 Å². The number of para-hydroxylation sites is 2. The molecule has 8 heteroatoms. The first-order valence-electron chi connectivity index (χ1n) is 7.47. The lowest BCUT2D eigenvalue weighted by Crippen LogP contribution is -2.13. The van der Waals surface area contributed by atoms with Gasteiger partial charge in [0.15, 0.2) is 11.5 Å². The molecule has 0 radical (unpaired) electrons. The molecule has 0 unspecified atom stereocenters. The van der Waals surface area contributed by atoms with Gasteiger partial charge in [-0.15, -0.1) is 0 Å². The summed E-state index contributed by atoms with van der Waals surface area (Å²) in [5, 5.41) is 0. The maximum absolute atomic E-state index is 12.4. The van der Waals surface area contributed by atoms with Crippen molar-refractivity contribution in [2.24, 2.45) is 0 Å². The van der Waals surface area contributed by atoms with Gasteiger partial charge in [0, 0.05) is 0 Å². The van der Waals surface area contributed by atoms with Gasteiger partial charge in [-0.25, -0.2) is 0 Å². The van der Waals surface area contributed by atoms with E-state index in [1.54, 1.807) is 36.4 Å². The molecule has 0 fully saturated rings. The minimum absolute atomic E-state index is 0.0549. The zero-order valence-corrected chi connectivity index (χ0v) is 15.0. The number of hydrogen-bond donors (Lipinski definition) is 0. The topological polar surface area (TPSA) is 86.7 Å². The Bertz CT molecular complexity index is 1000. The second-order valence-corrected chi connectivity index (χ2v) is 8.24. The molecule has 6 nitrogen and oxygen atoms in total. The van der Waals surface area contributed by atoms with Gasteiger partial charge in [-0.1, -0.05) is 48.5 Å². The Kier molecular flexibility index (Phi) is 4.97. The average molecular weight is 390 g/mol. The van der Waals surface area contributed by atoms with Crippen LogP contribution in [0, 0.1) is 0 Å². The predicted octanol–water partition coefficient (Wildman–Crippen LogP) is 3.22. The fraction of sp³-hybridized carbons (Fsp3) is 0. The maximum atomic E-state index is 12.4. The van der Waals surface area contributed by atoms with E-state index in [2.05, 4.69) is 0 Å². The molecular weight excluding hydrogens is 376 g/mol. The molecule has 0 saturated carbocycles. The summed E-state index contributed by atoms with van der Waals surface area (Å²) < 4.78 is 59.6. The van der Waals surface area contributed by atoms with E-state index < -0.39 is 20.2 Å². The Balaban J connectivity index is 1.92. The molecule has 0 aliphatic heterocycles. The molecule has 0 amide bonds. The maximum Gasteiger partial charge on any atom is 0.339 e. The van der Waals surface area contributed by atoms with Crippen molar-refractivity contribution in [3.05, 3.63) is 84.9 Å². The van der Waals surface area contributed by atoms with Crippen LogP contribution < -0.4 is 8.37 Å². The van der Waals surface area contributed by atoms with Crippen LogP contribution in [0.3, 0.4) is 0 Å². The van der Waals surface area contributed by atoms with E-state index in [9.17, 15) is 16.8 Å². The quantitative estimate of drug-likeness (QED) is 0.601. The zero-order chi connectivity index (χ0) is 18.6. The second-order valence-electron chi connectivity index (χ2n) is 5.15. The molecule has 26 heavy (non-hydrogen) atoms. The zero-order valence-electron chi connectivity index (χ0n) is 13.3. The predicted molar refractivity (Wildman–Crippen MR) is 95.0 cm³/mol. The van der Waals surface area contributed by atoms with E-state index in [-0.39, 0.29) is 21.3 Å². The third-order valence-electron chi connectivity index (χ3n) is 3.31. The number of rotatable bonds is 6. The fourth-order valence-electron chi connectivity index (χ4n) is 2.09. The van der Waals surface area contributed by atoms with Crippen LogP contribution >= 0.6 is 0 Å².